The van der Waals surface area contributed by atoms with Gasteiger partial charge < -0.3 is 25.6 Å². The van der Waals surface area contributed by atoms with Gasteiger partial charge in [0.05, 0.1) is 25.6 Å². The number of urea groups is 1. The zero-order chi connectivity index (χ0) is 16.0. The van der Waals surface area contributed by atoms with E-state index in [9.17, 15) is 14.4 Å². The second kappa shape index (κ2) is 7.13. The first kappa shape index (κ1) is 16.3. The summed E-state index contributed by atoms with van der Waals surface area (Å²) in [5, 5.41) is 17.6. The van der Waals surface area contributed by atoms with E-state index in [1.165, 1.54) is 25.3 Å². The quantitative estimate of drug-likeness (QED) is 0.680. The van der Waals surface area contributed by atoms with E-state index in [1.807, 2.05) is 0 Å². The van der Waals surface area contributed by atoms with Crippen LogP contribution in [-0.2, 0) is 11.3 Å². The predicted octanol–water partition coefficient (Wildman–Crippen LogP) is 0.749. The zero-order valence-corrected chi connectivity index (χ0v) is 11.4. The molecule has 0 atom stereocenters. The van der Waals surface area contributed by atoms with Crippen molar-refractivity contribution in [1.29, 1.82) is 0 Å². The molecule has 0 saturated carbocycles. The van der Waals surface area contributed by atoms with Gasteiger partial charge in [-0.1, -0.05) is 0 Å². The maximum Gasteiger partial charge on any atom is 0.335 e. The number of amides is 2. The van der Waals surface area contributed by atoms with Crippen molar-refractivity contribution in [3.05, 3.63) is 29.3 Å². The first-order valence-electron chi connectivity index (χ1n) is 6.01. The van der Waals surface area contributed by atoms with Gasteiger partial charge in [0, 0.05) is 12.1 Å². The molecule has 0 aliphatic rings. The van der Waals surface area contributed by atoms with E-state index in [0.717, 1.165) is 4.90 Å². The molecule has 0 heterocycles. The van der Waals surface area contributed by atoms with Crippen molar-refractivity contribution in [2.45, 2.75) is 13.0 Å². The van der Waals surface area contributed by atoms with Crippen molar-refractivity contribution in [2.24, 2.45) is 5.73 Å². The molecule has 1 rings (SSSR count). The monoisotopic (exact) mass is 296 g/mol. The number of nitrogens with two attached hydrogens (primary N) is 1. The molecule has 8 nitrogen and oxygen atoms in total. The average Bonchev–Trinajstić information content (AvgIpc) is 2.42. The molecule has 2 amide bonds. The third-order valence-electron chi connectivity index (χ3n) is 2.80. The van der Waals surface area contributed by atoms with Crippen molar-refractivity contribution < 1.29 is 29.3 Å². The Morgan fingerprint density at radius 2 is 1.95 bits per heavy atom. The Bertz CT molecular complexity index is 558. The summed E-state index contributed by atoms with van der Waals surface area (Å²) in [5.41, 5.74) is 5.66. The van der Waals surface area contributed by atoms with Gasteiger partial charge in [-0.2, -0.15) is 0 Å². The summed E-state index contributed by atoms with van der Waals surface area (Å²) in [6, 6.07) is 3.41. The molecular weight excluding hydrogens is 280 g/mol. The highest BCUT2D eigenvalue weighted by Crippen LogP contribution is 2.22. The lowest BCUT2D eigenvalue weighted by Gasteiger charge is -2.21. The minimum Gasteiger partial charge on any atom is -0.496 e. The second-order valence-electron chi connectivity index (χ2n) is 4.24. The highest BCUT2D eigenvalue weighted by Gasteiger charge is 2.16. The Kier molecular flexibility index (Phi) is 5.53. The van der Waals surface area contributed by atoms with Gasteiger partial charge in [-0.3, -0.25) is 4.79 Å². The number of carboxylic acid groups (broad SMARTS) is 2. The van der Waals surface area contributed by atoms with E-state index >= 15 is 0 Å². The van der Waals surface area contributed by atoms with Crippen molar-refractivity contribution in [2.75, 3.05) is 13.7 Å². The van der Waals surface area contributed by atoms with Crippen LogP contribution in [0.25, 0.3) is 0 Å². The van der Waals surface area contributed by atoms with Crippen LogP contribution in [0.3, 0.4) is 0 Å². The standard InChI is InChI=1S/C13H16N2O6/c1-21-10-3-2-8(12(18)19)6-9(10)7-15(13(14)20)5-4-11(16)17/h2-3,6H,4-5,7H2,1H3,(H2,14,20)(H,16,17)(H,18,19). The van der Waals surface area contributed by atoms with E-state index in [0.29, 0.717) is 11.3 Å². The van der Waals surface area contributed by atoms with Gasteiger partial charge in [0.25, 0.3) is 0 Å². The summed E-state index contributed by atoms with van der Waals surface area (Å²) in [4.78, 5) is 34.0. The molecular formula is C13H16N2O6. The Balaban J connectivity index is 3.00. The van der Waals surface area contributed by atoms with Crippen LogP contribution in [0, 0.1) is 0 Å². The molecule has 0 aliphatic carbocycles. The summed E-state index contributed by atoms with van der Waals surface area (Å²) in [6.07, 6.45) is -0.260. The molecule has 0 fully saturated rings. The summed E-state index contributed by atoms with van der Waals surface area (Å²) in [5.74, 6) is -1.79. The molecule has 1 aromatic rings. The fourth-order valence-electron chi connectivity index (χ4n) is 1.74. The van der Waals surface area contributed by atoms with Gasteiger partial charge in [-0.25, -0.2) is 9.59 Å². The van der Waals surface area contributed by atoms with E-state index in [1.54, 1.807) is 0 Å². The summed E-state index contributed by atoms with van der Waals surface area (Å²) in [7, 11) is 1.41. The number of methoxy groups -OCH3 is 1. The molecule has 0 spiro atoms. The highest BCUT2D eigenvalue weighted by molar-refractivity contribution is 5.88. The van der Waals surface area contributed by atoms with Crippen LogP contribution in [0.2, 0.25) is 0 Å². The highest BCUT2D eigenvalue weighted by atomic mass is 16.5. The first-order valence-corrected chi connectivity index (χ1v) is 6.01. The molecule has 8 heteroatoms. The number of hydrogen-bond acceptors (Lipinski definition) is 4. The van der Waals surface area contributed by atoms with Crippen molar-refractivity contribution >= 4 is 18.0 Å². The van der Waals surface area contributed by atoms with Gasteiger partial charge in [0.15, 0.2) is 0 Å². The Hall–Kier alpha value is -2.77. The predicted molar refractivity (Wildman–Crippen MR) is 72.2 cm³/mol. The molecule has 0 aliphatic heterocycles. The minimum atomic E-state index is -1.12. The van der Waals surface area contributed by atoms with Crippen LogP contribution in [0.15, 0.2) is 18.2 Å². The lowest BCUT2D eigenvalue weighted by molar-refractivity contribution is -0.137. The van der Waals surface area contributed by atoms with Gasteiger partial charge in [0.2, 0.25) is 0 Å². The normalized spacial score (nSPS) is 9.95. The van der Waals surface area contributed by atoms with Crippen molar-refractivity contribution in [1.82, 2.24) is 4.90 Å². The number of carboxylic acids is 2. The number of nitrogens with zero attached hydrogens (tertiary/aromatic N) is 1. The maximum atomic E-state index is 11.3. The van der Waals surface area contributed by atoms with Crippen LogP contribution in [-0.4, -0.2) is 46.7 Å². The number of aromatic carboxylic acids is 1. The SMILES string of the molecule is COc1ccc(C(=O)O)cc1CN(CCC(=O)O)C(N)=O. The number of hydrogen-bond donors (Lipinski definition) is 3. The van der Waals surface area contributed by atoms with Crippen LogP contribution in [0.5, 0.6) is 5.75 Å². The molecule has 0 aromatic heterocycles. The third kappa shape index (κ3) is 4.68. The average molecular weight is 296 g/mol. The Morgan fingerprint density at radius 3 is 2.43 bits per heavy atom. The molecule has 0 radical (unpaired) electrons. The lowest BCUT2D eigenvalue weighted by atomic mass is 10.1. The smallest absolute Gasteiger partial charge is 0.335 e. The van der Waals surface area contributed by atoms with Crippen molar-refractivity contribution in [3.8, 4) is 5.75 Å². The Morgan fingerprint density at radius 1 is 1.29 bits per heavy atom. The van der Waals surface area contributed by atoms with Gasteiger partial charge >= 0.3 is 18.0 Å². The van der Waals surface area contributed by atoms with Gasteiger partial charge in [-0.15, -0.1) is 0 Å². The van der Waals surface area contributed by atoms with E-state index < -0.39 is 18.0 Å². The first-order chi connectivity index (χ1) is 9.85. The molecule has 21 heavy (non-hydrogen) atoms. The molecule has 0 unspecified atom stereocenters. The van der Waals surface area contributed by atoms with E-state index in [-0.39, 0.29) is 25.1 Å². The topological polar surface area (TPSA) is 130 Å². The summed E-state index contributed by atoms with van der Waals surface area (Å²) in [6.45, 7) is -0.113. The number of ether oxygens (including phenoxy) is 1. The molecule has 0 saturated heterocycles. The lowest BCUT2D eigenvalue weighted by Crippen LogP contribution is -2.36. The zero-order valence-electron chi connectivity index (χ0n) is 11.4. The molecule has 1 aromatic carbocycles. The van der Waals surface area contributed by atoms with Crippen LogP contribution in [0.1, 0.15) is 22.3 Å². The van der Waals surface area contributed by atoms with Gasteiger partial charge in [0.1, 0.15) is 5.75 Å². The fourth-order valence-corrected chi connectivity index (χ4v) is 1.74. The molecule has 4 N–H and O–H groups in total. The minimum absolute atomic E-state index is 0.0348. The fraction of sp³-hybridized carbons (Fsp3) is 0.308. The number of primary amides is 1. The molecule has 114 valence electrons. The van der Waals surface area contributed by atoms with E-state index in [2.05, 4.69) is 0 Å². The number of benzene rings is 1. The number of aliphatic carboxylic acids is 1. The maximum absolute atomic E-state index is 11.3. The van der Waals surface area contributed by atoms with Gasteiger partial charge in [-0.05, 0) is 18.2 Å². The van der Waals surface area contributed by atoms with Crippen molar-refractivity contribution in [3.63, 3.8) is 0 Å². The second-order valence-corrected chi connectivity index (χ2v) is 4.24. The summed E-state index contributed by atoms with van der Waals surface area (Å²) >= 11 is 0. The Labute approximate surface area is 120 Å². The number of carbonyl (C=O) groups is 3. The molecule has 0 bridgehead atoms. The largest absolute Gasteiger partial charge is 0.496 e. The number of rotatable bonds is 7. The summed E-state index contributed by atoms with van der Waals surface area (Å²) < 4.78 is 5.10. The third-order valence-corrected chi connectivity index (χ3v) is 2.80. The van der Waals surface area contributed by atoms with Crippen LogP contribution in [0.4, 0.5) is 4.79 Å². The number of carbonyl (C=O) groups excluding carboxylic acids is 1. The van der Waals surface area contributed by atoms with Crippen LogP contribution >= 0.6 is 0 Å². The van der Waals surface area contributed by atoms with Crippen LogP contribution < -0.4 is 10.5 Å². The van der Waals surface area contributed by atoms with E-state index in [4.69, 9.17) is 20.7 Å².